The highest BCUT2D eigenvalue weighted by Gasteiger charge is 2.31. The molecule has 3 nitrogen and oxygen atoms in total. The molecule has 0 saturated carbocycles. The molecular formula is C14H21N3. The summed E-state index contributed by atoms with van der Waals surface area (Å²) < 4.78 is 0. The van der Waals surface area contributed by atoms with Crippen LogP contribution in [0.1, 0.15) is 36.6 Å². The minimum atomic E-state index is 0.302. The lowest BCUT2D eigenvalue weighted by atomic mass is 9.95. The molecule has 0 saturated heterocycles. The summed E-state index contributed by atoms with van der Waals surface area (Å²) in [5.41, 5.74) is 10.0. The van der Waals surface area contributed by atoms with Crippen LogP contribution in [0, 0.1) is 13.8 Å². The van der Waals surface area contributed by atoms with Crippen molar-refractivity contribution in [1.82, 2.24) is 4.90 Å². The molecule has 2 N–H and O–H groups in total. The van der Waals surface area contributed by atoms with Gasteiger partial charge < -0.3 is 10.6 Å². The molecule has 0 aliphatic carbocycles. The SMILES string of the molecule is Cc1cccc(C)c1C1CN=C(N)N1C(C)C. The largest absolute Gasteiger partial charge is 0.370 e. The maximum Gasteiger partial charge on any atom is 0.192 e. The monoisotopic (exact) mass is 231 g/mol. The van der Waals surface area contributed by atoms with Crippen molar-refractivity contribution in [2.75, 3.05) is 6.54 Å². The average Bonchev–Trinajstić information content (AvgIpc) is 2.60. The Balaban J connectivity index is 2.41. The summed E-state index contributed by atoms with van der Waals surface area (Å²) >= 11 is 0. The van der Waals surface area contributed by atoms with Crippen LogP contribution >= 0.6 is 0 Å². The summed E-state index contributed by atoms with van der Waals surface area (Å²) in [6, 6.07) is 7.11. The Morgan fingerprint density at radius 2 is 1.88 bits per heavy atom. The first-order valence-electron chi connectivity index (χ1n) is 6.16. The van der Waals surface area contributed by atoms with E-state index in [9.17, 15) is 0 Å². The van der Waals surface area contributed by atoms with Crippen LogP contribution in [-0.2, 0) is 0 Å². The molecule has 1 heterocycles. The molecule has 1 unspecified atom stereocenters. The lowest BCUT2D eigenvalue weighted by Gasteiger charge is -2.32. The van der Waals surface area contributed by atoms with Crippen LogP contribution in [0.2, 0.25) is 0 Å². The van der Waals surface area contributed by atoms with Gasteiger partial charge in [0.05, 0.1) is 12.6 Å². The fraction of sp³-hybridized carbons (Fsp3) is 0.500. The van der Waals surface area contributed by atoms with Crippen LogP contribution in [-0.4, -0.2) is 23.4 Å². The zero-order chi connectivity index (χ0) is 12.6. The molecule has 92 valence electrons. The molecule has 1 aromatic carbocycles. The number of hydrogen-bond acceptors (Lipinski definition) is 3. The van der Waals surface area contributed by atoms with E-state index in [1.54, 1.807) is 0 Å². The first-order valence-corrected chi connectivity index (χ1v) is 6.16. The number of aliphatic imine (C=N–C) groups is 1. The Labute approximate surface area is 103 Å². The molecule has 0 amide bonds. The minimum absolute atomic E-state index is 0.302. The van der Waals surface area contributed by atoms with Crippen LogP contribution in [0.25, 0.3) is 0 Å². The fourth-order valence-corrected chi connectivity index (χ4v) is 2.72. The smallest absolute Gasteiger partial charge is 0.192 e. The van der Waals surface area contributed by atoms with Gasteiger partial charge in [-0.2, -0.15) is 0 Å². The first kappa shape index (κ1) is 12.0. The lowest BCUT2D eigenvalue weighted by Crippen LogP contribution is -2.41. The maximum atomic E-state index is 5.98. The van der Waals surface area contributed by atoms with Gasteiger partial charge >= 0.3 is 0 Å². The molecule has 2 rings (SSSR count). The molecule has 1 aromatic rings. The Morgan fingerprint density at radius 1 is 1.29 bits per heavy atom. The van der Waals surface area contributed by atoms with Gasteiger partial charge in [-0.3, -0.25) is 4.99 Å². The highest BCUT2D eigenvalue weighted by Crippen LogP contribution is 2.31. The molecule has 0 spiro atoms. The van der Waals surface area contributed by atoms with E-state index >= 15 is 0 Å². The van der Waals surface area contributed by atoms with Crippen molar-refractivity contribution >= 4 is 5.96 Å². The van der Waals surface area contributed by atoms with Crippen molar-refractivity contribution in [3.8, 4) is 0 Å². The predicted octanol–water partition coefficient (Wildman–Crippen LogP) is 2.38. The maximum absolute atomic E-state index is 5.98. The molecular weight excluding hydrogens is 210 g/mol. The van der Waals surface area contributed by atoms with Crippen molar-refractivity contribution in [2.45, 2.75) is 39.8 Å². The van der Waals surface area contributed by atoms with Crippen molar-refractivity contribution in [2.24, 2.45) is 10.7 Å². The quantitative estimate of drug-likeness (QED) is 0.849. The Kier molecular flexibility index (Phi) is 3.09. The van der Waals surface area contributed by atoms with E-state index in [4.69, 9.17) is 5.73 Å². The van der Waals surface area contributed by atoms with E-state index in [0.29, 0.717) is 18.0 Å². The lowest BCUT2D eigenvalue weighted by molar-refractivity contribution is 0.288. The Bertz CT molecular complexity index is 429. The van der Waals surface area contributed by atoms with Crippen LogP contribution < -0.4 is 5.73 Å². The minimum Gasteiger partial charge on any atom is -0.370 e. The van der Waals surface area contributed by atoms with Gasteiger partial charge in [-0.1, -0.05) is 18.2 Å². The predicted molar refractivity (Wildman–Crippen MR) is 72.1 cm³/mol. The molecule has 0 bridgehead atoms. The van der Waals surface area contributed by atoms with Gasteiger partial charge in [-0.05, 0) is 44.4 Å². The Morgan fingerprint density at radius 3 is 2.41 bits per heavy atom. The standard InChI is InChI=1S/C14H21N3/c1-9(2)17-12(8-16-14(17)15)13-10(3)6-5-7-11(13)4/h5-7,9,12H,8H2,1-4H3,(H2,15,16). The first-order chi connectivity index (χ1) is 8.02. The summed E-state index contributed by atoms with van der Waals surface area (Å²) in [5.74, 6) is 0.674. The molecule has 17 heavy (non-hydrogen) atoms. The number of hydrogen-bond donors (Lipinski definition) is 1. The molecule has 0 fully saturated rings. The van der Waals surface area contributed by atoms with Crippen LogP contribution in [0.4, 0.5) is 0 Å². The van der Waals surface area contributed by atoms with Crippen molar-refractivity contribution in [3.63, 3.8) is 0 Å². The van der Waals surface area contributed by atoms with Gasteiger partial charge in [-0.25, -0.2) is 0 Å². The van der Waals surface area contributed by atoms with E-state index in [1.165, 1.54) is 16.7 Å². The molecule has 1 aliphatic rings. The van der Waals surface area contributed by atoms with Crippen molar-refractivity contribution in [1.29, 1.82) is 0 Å². The summed E-state index contributed by atoms with van der Waals surface area (Å²) in [6.07, 6.45) is 0. The number of rotatable bonds is 2. The van der Waals surface area contributed by atoms with E-state index in [-0.39, 0.29) is 0 Å². The number of aryl methyl sites for hydroxylation is 2. The normalized spacial score (nSPS) is 19.9. The van der Waals surface area contributed by atoms with E-state index in [0.717, 1.165) is 6.54 Å². The zero-order valence-electron chi connectivity index (χ0n) is 11.1. The number of benzene rings is 1. The summed E-state index contributed by atoms with van der Waals surface area (Å²) in [6.45, 7) is 9.42. The van der Waals surface area contributed by atoms with Crippen LogP contribution in [0.15, 0.2) is 23.2 Å². The topological polar surface area (TPSA) is 41.6 Å². The number of guanidine groups is 1. The van der Waals surface area contributed by atoms with E-state index < -0.39 is 0 Å². The second kappa shape index (κ2) is 4.40. The van der Waals surface area contributed by atoms with Gasteiger partial charge in [0.15, 0.2) is 5.96 Å². The second-order valence-corrected chi connectivity index (χ2v) is 5.02. The number of nitrogens with zero attached hydrogens (tertiary/aromatic N) is 2. The van der Waals surface area contributed by atoms with Crippen molar-refractivity contribution in [3.05, 3.63) is 34.9 Å². The third kappa shape index (κ3) is 2.02. The van der Waals surface area contributed by atoms with Crippen LogP contribution in [0.3, 0.4) is 0 Å². The van der Waals surface area contributed by atoms with Gasteiger partial charge in [0.2, 0.25) is 0 Å². The van der Waals surface area contributed by atoms with Gasteiger partial charge in [-0.15, -0.1) is 0 Å². The average molecular weight is 231 g/mol. The van der Waals surface area contributed by atoms with Gasteiger partial charge in [0, 0.05) is 6.04 Å². The molecule has 3 heteroatoms. The fourth-order valence-electron chi connectivity index (χ4n) is 2.72. The van der Waals surface area contributed by atoms with E-state index in [2.05, 4.69) is 55.8 Å². The zero-order valence-corrected chi connectivity index (χ0v) is 11.1. The van der Waals surface area contributed by atoms with Gasteiger partial charge in [0.25, 0.3) is 0 Å². The van der Waals surface area contributed by atoms with Gasteiger partial charge in [0.1, 0.15) is 0 Å². The second-order valence-electron chi connectivity index (χ2n) is 5.02. The summed E-state index contributed by atoms with van der Waals surface area (Å²) in [5, 5.41) is 0. The molecule has 1 atom stereocenters. The highest BCUT2D eigenvalue weighted by atomic mass is 15.3. The third-order valence-corrected chi connectivity index (χ3v) is 3.46. The summed E-state index contributed by atoms with van der Waals surface area (Å²) in [4.78, 5) is 6.62. The number of nitrogens with two attached hydrogens (primary N) is 1. The van der Waals surface area contributed by atoms with E-state index in [1.807, 2.05) is 0 Å². The molecule has 0 radical (unpaired) electrons. The van der Waals surface area contributed by atoms with Crippen molar-refractivity contribution < 1.29 is 0 Å². The summed E-state index contributed by atoms with van der Waals surface area (Å²) in [7, 11) is 0. The third-order valence-electron chi connectivity index (χ3n) is 3.46. The highest BCUT2D eigenvalue weighted by molar-refractivity contribution is 5.81. The Hall–Kier alpha value is -1.51. The molecule has 1 aliphatic heterocycles. The molecule has 0 aromatic heterocycles. The van der Waals surface area contributed by atoms with Crippen LogP contribution in [0.5, 0.6) is 0 Å².